The maximum absolute atomic E-state index is 3.64. The molecule has 2 nitrogen and oxygen atoms in total. The molecule has 0 spiro atoms. The lowest BCUT2D eigenvalue weighted by atomic mass is 10.1. The lowest BCUT2D eigenvalue weighted by molar-refractivity contribution is 0.546. The second-order valence-corrected chi connectivity index (χ2v) is 5.60. The number of hydrogen-bond donors (Lipinski definition) is 2. The topological polar surface area (TPSA) is 24.1 Å². The summed E-state index contributed by atoms with van der Waals surface area (Å²) in [5.41, 5.74) is 5.59. The lowest BCUT2D eigenvalue weighted by Gasteiger charge is -2.16. The summed E-state index contributed by atoms with van der Waals surface area (Å²) in [5.74, 6) is 0. The van der Waals surface area contributed by atoms with Gasteiger partial charge in [-0.15, -0.1) is 0 Å². The second kappa shape index (κ2) is 6.10. The third kappa shape index (κ3) is 3.02. The van der Waals surface area contributed by atoms with E-state index in [0.29, 0.717) is 6.04 Å². The largest absolute Gasteiger partial charge is 0.384 e. The third-order valence-electron chi connectivity index (χ3n) is 3.96. The minimum atomic E-state index is 0.481. The summed E-state index contributed by atoms with van der Waals surface area (Å²) in [6.07, 6.45) is 2.23. The van der Waals surface area contributed by atoms with Gasteiger partial charge in [0.2, 0.25) is 0 Å². The van der Waals surface area contributed by atoms with E-state index < -0.39 is 0 Å². The van der Waals surface area contributed by atoms with Gasteiger partial charge in [0.15, 0.2) is 0 Å². The van der Waals surface area contributed by atoms with E-state index in [1.807, 2.05) is 0 Å². The summed E-state index contributed by atoms with van der Waals surface area (Å²) in [6, 6.07) is 17.8. The fourth-order valence-electron chi connectivity index (χ4n) is 2.88. The van der Waals surface area contributed by atoms with Crippen molar-refractivity contribution in [2.24, 2.45) is 0 Å². The first-order valence-electron chi connectivity index (χ1n) is 7.45. The predicted molar refractivity (Wildman–Crippen MR) is 85.1 cm³/mol. The fraction of sp³-hybridized carbons (Fsp3) is 0.333. The number of rotatable bonds is 5. The zero-order valence-electron chi connectivity index (χ0n) is 12.0. The zero-order valence-corrected chi connectivity index (χ0v) is 12.0. The molecule has 20 heavy (non-hydrogen) atoms. The summed E-state index contributed by atoms with van der Waals surface area (Å²) in [5, 5.41) is 7.14. The van der Waals surface area contributed by atoms with Crippen molar-refractivity contribution in [1.82, 2.24) is 5.32 Å². The van der Waals surface area contributed by atoms with Crippen molar-refractivity contribution in [2.45, 2.75) is 32.4 Å². The molecule has 1 unspecified atom stereocenters. The number of hydrogen-bond acceptors (Lipinski definition) is 2. The standard InChI is InChI=1S/C18H22N2/c1-14(12-15-6-3-2-4-7-15)20-13-17-9-5-8-16-10-11-19-18(16)17/h2-9,14,19-20H,10-13H2,1H3. The van der Waals surface area contributed by atoms with Crippen LogP contribution in [0.25, 0.3) is 0 Å². The molecule has 0 amide bonds. The summed E-state index contributed by atoms with van der Waals surface area (Å²) in [4.78, 5) is 0. The molecule has 0 fully saturated rings. The van der Waals surface area contributed by atoms with E-state index in [0.717, 1.165) is 25.9 Å². The van der Waals surface area contributed by atoms with Crippen LogP contribution in [0, 0.1) is 0 Å². The van der Waals surface area contributed by atoms with Crippen LogP contribution in [0.1, 0.15) is 23.6 Å². The van der Waals surface area contributed by atoms with Crippen LogP contribution in [0.2, 0.25) is 0 Å². The van der Waals surface area contributed by atoms with Crippen molar-refractivity contribution in [2.75, 3.05) is 11.9 Å². The van der Waals surface area contributed by atoms with Gasteiger partial charge in [0.05, 0.1) is 0 Å². The maximum atomic E-state index is 3.64. The van der Waals surface area contributed by atoms with E-state index in [1.54, 1.807) is 0 Å². The van der Waals surface area contributed by atoms with E-state index in [4.69, 9.17) is 0 Å². The van der Waals surface area contributed by atoms with Crippen LogP contribution in [0.15, 0.2) is 48.5 Å². The molecule has 0 saturated carbocycles. The van der Waals surface area contributed by atoms with Gasteiger partial charge in [-0.3, -0.25) is 0 Å². The molecule has 2 aromatic carbocycles. The SMILES string of the molecule is CC(Cc1ccccc1)NCc1cccc2c1NCC2. The first kappa shape index (κ1) is 13.2. The number of anilines is 1. The van der Waals surface area contributed by atoms with E-state index in [-0.39, 0.29) is 0 Å². The van der Waals surface area contributed by atoms with Crippen molar-refractivity contribution in [3.05, 3.63) is 65.2 Å². The first-order valence-corrected chi connectivity index (χ1v) is 7.45. The molecule has 2 heteroatoms. The van der Waals surface area contributed by atoms with Crippen LogP contribution in [0.3, 0.4) is 0 Å². The molecule has 1 aliphatic heterocycles. The molecule has 104 valence electrons. The van der Waals surface area contributed by atoms with Crippen LogP contribution in [-0.2, 0) is 19.4 Å². The maximum Gasteiger partial charge on any atom is 0.0419 e. The van der Waals surface area contributed by atoms with Gasteiger partial charge in [-0.1, -0.05) is 48.5 Å². The predicted octanol–water partition coefficient (Wildman–Crippen LogP) is 3.38. The number of benzene rings is 2. The molecule has 1 atom stereocenters. The zero-order chi connectivity index (χ0) is 13.8. The Kier molecular flexibility index (Phi) is 4.03. The van der Waals surface area contributed by atoms with Gasteiger partial charge in [0.25, 0.3) is 0 Å². The monoisotopic (exact) mass is 266 g/mol. The van der Waals surface area contributed by atoms with E-state index >= 15 is 0 Å². The number of fused-ring (bicyclic) bond motifs is 1. The highest BCUT2D eigenvalue weighted by Gasteiger charge is 2.13. The van der Waals surface area contributed by atoms with Crippen molar-refractivity contribution < 1.29 is 0 Å². The van der Waals surface area contributed by atoms with E-state index in [1.165, 1.54) is 22.4 Å². The van der Waals surface area contributed by atoms with Gasteiger partial charge in [-0.2, -0.15) is 0 Å². The van der Waals surface area contributed by atoms with Crippen LogP contribution >= 0.6 is 0 Å². The molecule has 0 aliphatic carbocycles. The minimum Gasteiger partial charge on any atom is -0.384 e. The third-order valence-corrected chi connectivity index (χ3v) is 3.96. The van der Waals surface area contributed by atoms with Gasteiger partial charge in [0, 0.05) is 24.8 Å². The summed E-state index contributed by atoms with van der Waals surface area (Å²) >= 11 is 0. The Balaban J connectivity index is 1.58. The molecule has 2 aromatic rings. The Bertz CT molecular complexity index is 563. The Hall–Kier alpha value is -1.80. The van der Waals surface area contributed by atoms with Crippen LogP contribution in [0.5, 0.6) is 0 Å². The number of nitrogens with one attached hydrogen (secondary N) is 2. The van der Waals surface area contributed by atoms with Crippen LogP contribution in [-0.4, -0.2) is 12.6 Å². The highest BCUT2D eigenvalue weighted by atomic mass is 14.9. The lowest BCUT2D eigenvalue weighted by Crippen LogP contribution is -2.27. The molecule has 2 N–H and O–H groups in total. The molecular weight excluding hydrogens is 244 g/mol. The van der Waals surface area contributed by atoms with E-state index in [2.05, 4.69) is 66.1 Å². The number of para-hydroxylation sites is 1. The van der Waals surface area contributed by atoms with Crippen LogP contribution in [0.4, 0.5) is 5.69 Å². The van der Waals surface area contributed by atoms with Gasteiger partial charge in [0.1, 0.15) is 0 Å². The normalized spacial score (nSPS) is 14.7. The molecule has 0 saturated heterocycles. The summed E-state index contributed by atoms with van der Waals surface area (Å²) in [6.45, 7) is 4.26. The van der Waals surface area contributed by atoms with Crippen LogP contribution < -0.4 is 10.6 Å². The molecule has 1 heterocycles. The van der Waals surface area contributed by atoms with Crippen molar-refractivity contribution in [3.63, 3.8) is 0 Å². The quantitative estimate of drug-likeness (QED) is 0.867. The Morgan fingerprint density at radius 3 is 2.80 bits per heavy atom. The molecule has 0 aromatic heterocycles. The van der Waals surface area contributed by atoms with Gasteiger partial charge < -0.3 is 10.6 Å². The van der Waals surface area contributed by atoms with Crippen molar-refractivity contribution in [1.29, 1.82) is 0 Å². The summed E-state index contributed by atoms with van der Waals surface area (Å²) < 4.78 is 0. The smallest absolute Gasteiger partial charge is 0.0419 e. The minimum absolute atomic E-state index is 0.481. The Morgan fingerprint density at radius 2 is 1.95 bits per heavy atom. The average Bonchev–Trinajstić information content (AvgIpc) is 2.95. The van der Waals surface area contributed by atoms with Gasteiger partial charge in [-0.25, -0.2) is 0 Å². The van der Waals surface area contributed by atoms with Gasteiger partial charge in [-0.05, 0) is 36.5 Å². The van der Waals surface area contributed by atoms with Crippen molar-refractivity contribution in [3.8, 4) is 0 Å². The molecule has 3 rings (SSSR count). The summed E-state index contributed by atoms with van der Waals surface area (Å²) in [7, 11) is 0. The molecule has 0 radical (unpaired) electrons. The Labute approximate surface area is 121 Å². The Morgan fingerprint density at radius 1 is 1.10 bits per heavy atom. The first-order chi connectivity index (χ1) is 9.83. The van der Waals surface area contributed by atoms with E-state index in [9.17, 15) is 0 Å². The fourth-order valence-corrected chi connectivity index (χ4v) is 2.88. The molecule has 0 bridgehead atoms. The second-order valence-electron chi connectivity index (χ2n) is 5.60. The molecule has 1 aliphatic rings. The van der Waals surface area contributed by atoms with Crippen molar-refractivity contribution >= 4 is 5.69 Å². The highest BCUT2D eigenvalue weighted by Crippen LogP contribution is 2.26. The average molecular weight is 266 g/mol. The highest BCUT2D eigenvalue weighted by molar-refractivity contribution is 5.61. The molecular formula is C18H22N2. The van der Waals surface area contributed by atoms with Gasteiger partial charge >= 0.3 is 0 Å².